The summed E-state index contributed by atoms with van der Waals surface area (Å²) in [6.07, 6.45) is 0. The minimum atomic E-state index is -0.532. The summed E-state index contributed by atoms with van der Waals surface area (Å²) in [5.41, 5.74) is 3.43. The Hall–Kier alpha value is -3.06. The third kappa shape index (κ3) is 3.65. The fourth-order valence-corrected chi connectivity index (χ4v) is 4.14. The third-order valence-electron chi connectivity index (χ3n) is 5.02. The lowest BCUT2D eigenvalue weighted by atomic mass is 10.0. The van der Waals surface area contributed by atoms with Gasteiger partial charge in [0.2, 0.25) is 5.91 Å². The Morgan fingerprint density at radius 1 is 1.17 bits per heavy atom. The molecule has 6 nitrogen and oxygen atoms in total. The predicted molar refractivity (Wildman–Crippen MR) is 111 cm³/mol. The molecule has 1 aliphatic heterocycles. The van der Waals surface area contributed by atoms with Crippen LogP contribution in [0.15, 0.2) is 50.5 Å². The van der Waals surface area contributed by atoms with Crippen molar-refractivity contribution in [1.82, 2.24) is 0 Å². The molecule has 2 aromatic carbocycles. The van der Waals surface area contributed by atoms with E-state index >= 15 is 0 Å². The summed E-state index contributed by atoms with van der Waals surface area (Å²) >= 11 is 1.45. The number of rotatable bonds is 3. The number of thioether (sulfide) groups is 1. The molecular formula is C22H19NO5S. The van der Waals surface area contributed by atoms with E-state index in [1.165, 1.54) is 17.8 Å². The summed E-state index contributed by atoms with van der Waals surface area (Å²) in [6.45, 7) is 5.60. The van der Waals surface area contributed by atoms with Gasteiger partial charge in [0.05, 0.1) is 16.5 Å². The van der Waals surface area contributed by atoms with Crippen molar-refractivity contribution >= 4 is 40.3 Å². The van der Waals surface area contributed by atoms with Gasteiger partial charge in [-0.3, -0.25) is 4.79 Å². The smallest absolute Gasteiger partial charge is 0.338 e. The van der Waals surface area contributed by atoms with E-state index in [9.17, 15) is 14.4 Å². The lowest BCUT2D eigenvalue weighted by Crippen LogP contribution is -2.26. The van der Waals surface area contributed by atoms with Crippen LogP contribution in [0, 0.1) is 13.8 Å². The van der Waals surface area contributed by atoms with E-state index in [-0.39, 0.29) is 17.8 Å². The number of aryl methyl sites for hydroxylation is 2. The van der Waals surface area contributed by atoms with Crippen LogP contribution in [0.3, 0.4) is 0 Å². The number of carbonyl (C=O) groups is 2. The summed E-state index contributed by atoms with van der Waals surface area (Å²) < 4.78 is 10.8. The molecule has 1 atom stereocenters. The minimum Gasteiger partial charge on any atom is -0.457 e. The lowest BCUT2D eigenvalue weighted by Gasteiger charge is -2.21. The zero-order valence-electron chi connectivity index (χ0n) is 16.2. The molecule has 1 amide bonds. The Balaban J connectivity index is 1.58. The summed E-state index contributed by atoms with van der Waals surface area (Å²) in [4.78, 5) is 37.3. The largest absolute Gasteiger partial charge is 0.457 e. The van der Waals surface area contributed by atoms with Gasteiger partial charge in [0, 0.05) is 21.9 Å². The molecule has 0 saturated heterocycles. The molecule has 0 fully saturated rings. The van der Waals surface area contributed by atoms with Crippen molar-refractivity contribution in [2.75, 3.05) is 5.32 Å². The zero-order chi connectivity index (χ0) is 20.7. The third-order valence-corrected chi connectivity index (χ3v) is 6.20. The molecule has 1 N–H and O–H groups in total. The van der Waals surface area contributed by atoms with Crippen LogP contribution in [0.2, 0.25) is 0 Å². The van der Waals surface area contributed by atoms with Crippen LogP contribution in [0.4, 0.5) is 5.69 Å². The van der Waals surface area contributed by atoms with Crippen LogP contribution in [0.1, 0.15) is 34.0 Å². The van der Waals surface area contributed by atoms with Crippen molar-refractivity contribution in [3.63, 3.8) is 0 Å². The molecule has 7 heteroatoms. The van der Waals surface area contributed by atoms with E-state index in [4.69, 9.17) is 9.15 Å². The second kappa shape index (κ2) is 7.40. The molecule has 4 rings (SSSR count). The topological polar surface area (TPSA) is 85.6 Å². The number of hydrogen-bond donors (Lipinski definition) is 1. The van der Waals surface area contributed by atoms with Gasteiger partial charge in [0.15, 0.2) is 0 Å². The molecule has 0 aliphatic carbocycles. The first-order valence-corrected chi connectivity index (χ1v) is 10.0. The molecule has 29 heavy (non-hydrogen) atoms. The van der Waals surface area contributed by atoms with Gasteiger partial charge < -0.3 is 14.5 Å². The van der Waals surface area contributed by atoms with E-state index < -0.39 is 11.6 Å². The number of benzene rings is 2. The maximum absolute atomic E-state index is 12.5. The Bertz CT molecular complexity index is 1210. The Kier molecular flexibility index (Phi) is 4.92. The summed E-state index contributed by atoms with van der Waals surface area (Å²) in [7, 11) is 0. The highest BCUT2D eigenvalue weighted by Gasteiger charge is 2.24. The maximum atomic E-state index is 12.5. The average molecular weight is 409 g/mol. The first-order chi connectivity index (χ1) is 13.8. The van der Waals surface area contributed by atoms with Crippen LogP contribution in [-0.4, -0.2) is 17.1 Å². The minimum absolute atomic E-state index is 0.0569. The molecule has 148 valence electrons. The molecule has 1 unspecified atom stereocenters. The fraction of sp³-hybridized carbons (Fsp3) is 0.227. The van der Waals surface area contributed by atoms with E-state index in [1.54, 1.807) is 18.2 Å². The van der Waals surface area contributed by atoms with Gasteiger partial charge in [-0.25, -0.2) is 9.59 Å². The Labute approximate surface area is 171 Å². The van der Waals surface area contributed by atoms with Gasteiger partial charge in [-0.15, -0.1) is 11.8 Å². The number of carbonyl (C=O) groups excluding carboxylic acids is 2. The molecule has 1 aliphatic rings. The van der Waals surface area contributed by atoms with Crippen LogP contribution < -0.4 is 10.9 Å². The van der Waals surface area contributed by atoms with Crippen LogP contribution in [0.5, 0.6) is 0 Å². The first kappa shape index (κ1) is 19.3. The monoisotopic (exact) mass is 409 g/mol. The number of nitrogens with one attached hydrogen (secondary N) is 1. The second-order valence-electron chi connectivity index (χ2n) is 7.01. The highest BCUT2D eigenvalue weighted by molar-refractivity contribution is 8.00. The molecule has 1 aromatic heterocycles. The van der Waals surface area contributed by atoms with E-state index in [0.29, 0.717) is 22.4 Å². The Morgan fingerprint density at radius 3 is 2.76 bits per heavy atom. The van der Waals surface area contributed by atoms with Gasteiger partial charge in [-0.05, 0) is 50.1 Å². The quantitative estimate of drug-likeness (QED) is 0.515. The molecule has 3 aromatic rings. The summed E-state index contributed by atoms with van der Waals surface area (Å²) in [5, 5.41) is 3.36. The number of fused-ring (bicyclic) bond motifs is 2. The van der Waals surface area contributed by atoms with Crippen molar-refractivity contribution in [1.29, 1.82) is 0 Å². The maximum Gasteiger partial charge on any atom is 0.338 e. The van der Waals surface area contributed by atoms with Crippen LogP contribution in [-0.2, 0) is 16.1 Å². The van der Waals surface area contributed by atoms with Gasteiger partial charge >= 0.3 is 11.6 Å². The fourth-order valence-electron chi connectivity index (χ4n) is 3.21. The van der Waals surface area contributed by atoms with E-state index in [1.807, 2.05) is 32.9 Å². The summed E-state index contributed by atoms with van der Waals surface area (Å²) in [6, 6.07) is 10.2. The lowest BCUT2D eigenvalue weighted by molar-refractivity contribution is -0.115. The number of hydrogen-bond acceptors (Lipinski definition) is 6. The molecule has 0 spiro atoms. The highest BCUT2D eigenvalue weighted by Crippen LogP contribution is 2.36. The predicted octanol–water partition coefficient (Wildman–Crippen LogP) is 4.20. The second-order valence-corrected chi connectivity index (χ2v) is 8.39. The SMILES string of the molecule is Cc1ccc2c(COC(=O)c3ccc4c(c3)NC(=O)C(C)S4)cc(=O)oc2c1C. The molecule has 2 heterocycles. The summed E-state index contributed by atoms with van der Waals surface area (Å²) in [5.74, 6) is -0.628. The normalized spacial score (nSPS) is 15.7. The van der Waals surface area contributed by atoms with Gasteiger partial charge in [0.1, 0.15) is 12.2 Å². The van der Waals surface area contributed by atoms with Crippen LogP contribution in [0.25, 0.3) is 11.0 Å². The van der Waals surface area contributed by atoms with Crippen molar-refractivity contribution in [3.8, 4) is 0 Å². The van der Waals surface area contributed by atoms with E-state index in [2.05, 4.69) is 5.32 Å². The van der Waals surface area contributed by atoms with Gasteiger partial charge in [-0.2, -0.15) is 0 Å². The van der Waals surface area contributed by atoms with Crippen molar-refractivity contribution < 1.29 is 18.7 Å². The van der Waals surface area contributed by atoms with Crippen molar-refractivity contribution in [2.45, 2.75) is 37.5 Å². The number of esters is 1. The molecule has 0 bridgehead atoms. The van der Waals surface area contributed by atoms with E-state index in [0.717, 1.165) is 21.4 Å². The average Bonchev–Trinajstić information content (AvgIpc) is 2.69. The zero-order valence-corrected chi connectivity index (χ0v) is 17.0. The van der Waals surface area contributed by atoms with Crippen molar-refractivity contribution in [2.24, 2.45) is 0 Å². The van der Waals surface area contributed by atoms with Crippen molar-refractivity contribution in [3.05, 3.63) is 69.1 Å². The number of ether oxygens (including phenoxy) is 1. The molecular weight excluding hydrogens is 390 g/mol. The van der Waals surface area contributed by atoms with Gasteiger partial charge in [-0.1, -0.05) is 12.1 Å². The standard InChI is InChI=1S/C22H19NO5S/c1-11-4-6-16-15(9-19(24)28-20(16)12(11)2)10-27-22(26)14-5-7-18-17(8-14)23-21(25)13(3)29-18/h4-9,13H,10H2,1-3H3,(H,23,25). The van der Waals surface area contributed by atoms with Gasteiger partial charge in [0.25, 0.3) is 0 Å². The highest BCUT2D eigenvalue weighted by atomic mass is 32.2. The first-order valence-electron chi connectivity index (χ1n) is 9.15. The molecule has 0 saturated carbocycles. The molecule has 0 radical (unpaired) electrons. The number of amides is 1. The Morgan fingerprint density at radius 2 is 1.97 bits per heavy atom. The van der Waals surface area contributed by atoms with Crippen LogP contribution >= 0.6 is 11.8 Å². The number of anilines is 1.